The van der Waals surface area contributed by atoms with Gasteiger partial charge in [-0.2, -0.15) is 0 Å². The number of hydrogen-bond donors (Lipinski definition) is 0. The fourth-order valence-electron chi connectivity index (χ4n) is 2.43. The van der Waals surface area contributed by atoms with Gasteiger partial charge in [-0.1, -0.05) is 0 Å². The van der Waals surface area contributed by atoms with Crippen molar-refractivity contribution in [1.82, 2.24) is 13.9 Å². The summed E-state index contributed by atoms with van der Waals surface area (Å²) < 4.78 is 26.9. The second-order valence-corrected chi connectivity index (χ2v) is 8.29. The van der Waals surface area contributed by atoms with Gasteiger partial charge in [-0.05, 0) is 48.3 Å². The molecule has 1 saturated heterocycles. The normalized spacial score (nSPS) is 21.1. The molecule has 2 rings (SSSR count). The third-order valence-electron chi connectivity index (χ3n) is 3.56. The molecule has 0 N–H and O–H groups in total. The van der Waals surface area contributed by atoms with E-state index in [0.717, 1.165) is 18.5 Å². The van der Waals surface area contributed by atoms with Crippen LogP contribution in [0.4, 0.5) is 0 Å². The van der Waals surface area contributed by atoms with E-state index in [-0.39, 0.29) is 11.5 Å². The Hall–Kier alpha value is -0.480. The van der Waals surface area contributed by atoms with Crippen molar-refractivity contribution in [1.29, 1.82) is 0 Å². The second kappa shape index (κ2) is 6.10. The molecule has 2 heterocycles. The van der Waals surface area contributed by atoms with E-state index in [0.29, 0.717) is 23.2 Å². The molecule has 1 unspecified atom stereocenters. The third-order valence-corrected chi connectivity index (χ3v) is 6.07. The zero-order valence-corrected chi connectivity index (χ0v) is 14.5. The molecule has 0 radical (unpaired) electrons. The molecule has 0 spiro atoms. The summed E-state index contributed by atoms with van der Waals surface area (Å²) in [6, 6.07) is 0. The molecule has 8 heteroatoms. The monoisotopic (exact) mass is 411 g/mol. The van der Waals surface area contributed by atoms with Crippen LogP contribution in [0.25, 0.3) is 0 Å². The highest BCUT2D eigenvalue weighted by atomic mass is 127. The van der Waals surface area contributed by atoms with E-state index in [1.165, 1.54) is 10.6 Å². The summed E-state index contributed by atoms with van der Waals surface area (Å²) in [5.41, 5.74) is 0.683. The van der Waals surface area contributed by atoms with Crippen molar-refractivity contribution in [3.63, 3.8) is 0 Å². The molecule has 0 saturated carbocycles. The first-order valence-electron chi connectivity index (χ1n) is 6.45. The SMILES string of the molecule is Cc1ncn(CC2CCCN(S(C)(=O)=O)C2)c(=O)c1I. The summed E-state index contributed by atoms with van der Waals surface area (Å²) in [6.45, 7) is 3.39. The quantitative estimate of drug-likeness (QED) is 0.691. The minimum atomic E-state index is -3.15. The summed E-state index contributed by atoms with van der Waals surface area (Å²) >= 11 is 2.00. The maximum Gasteiger partial charge on any atom is 0.267 e. The molecule has 0 aliphatic carbocycles. The van der Waals surface area contributed by atoms with Gasteiger partial charge in [-0.15, -0.1) is 0 Å². The number of rotatable bonds is 3. The third kappa shape index (κ3) is 3.59. The largest absolute Gasteiger partial charge is 0.298 e. The Bertz CT molecular complexity index is 656. The Kier molecular flexibility index (Phi) is 4.85. The van der Waals surface area contributed by atoms with E-state index in [9.17, 15) is 13.2 Å². The van der Waals surface area contributed by atoms with Crippen LogP contribution in [0.1, 0.15) is 18.5 Å². The van der Waals surface area contributed by atoms with Gasteiger partial charge in [0.2, 0.25) is 10.0 Å². The number of nitrogens with zero attached hydrogens (tertiary/aromatic N) is 3. The molecule has 1 aromatic rings. The second-order valence-electron chi connectivity index (χ2n) is 5.23. The summed E-state index contributed by atoms with van der Waals surface area (Å²) in [6.07, 6.45) is 4.56. The number of piperidine rings is 1. The van der Waals surface area contributed by atoms with E-state index < -0.39 is 10.0 Å². The molecule has 1 aliphatic rings. The molecular weight excluding hydrogens is 393 g/mol. The smallest absolute Gasteiger partial charge is 0.267 e. The van der Waals surface area contributed by atoms with Crippen LogP contribution in [0, 0.1) is 16.4 Å². The van der Waals surface area contributed by atoms with Gasteiger partial charge < -0.3 is 0 Å². The maximum absolute atomic E-state index is 12.1. The molecule has 1 fully saturated rings. The number of aromatic nitrogens is 2. The van der Waals surface area contributed by atoms with E-state index in [2.05, 4.69) is 4.98 Å². The Labute approximate surface area is 132 Å². The number of aryl methyl sites for hydroxylation is 1. The zero-order chi connectivity index (χ0) is 14.9. The predicted octanol–water partition coefficient (Wildman–Crippen LogP) is 0.828. The van der Waals surface area contributed by atoms with Crippen LogP contribution in [0.15, 0.2) is 11.1 Å². The van der Waals surface area contributed by atoms with Crippen LogP contribution in [-0.4, -0.2) is 41.6 Å². The van der Waals surface area contributed by atoms with Crippen molar-refractivity contribution in [2.75, 3.05) is 19.3 Å². The number of halogens is 1. The number of hydrogen-bond acceptors (Lipinski definition) is 4. The van der Waals surface area contributed by atoms with Gasteiger partial charge in [0.05, 0.1) is 21.8 Å². The van der Waals surface area contributed by atoms with Gasteiger partial charge in [0.1, 0.15) is 0 Å². The average Bonchev–Trinajstić information content (AvgIpc) is 2.39. The molecule has 112 valence electrons. The highest BCUT2D eigenvalue weighted by molar-refractivity contribution is 14.1. The van der Waals surface area contributed by atoms with Crippen LogP contribution in [-0.2, 0) is 16.6 Å². The van der Waals surface area contributed by atoms with Crippen molar-refractivity contribution in [3.8, 4) is 0 Å². The lowest BCUT2D eigenvalue weighted by molar-refractivity contribution is 0.244. The molecular formula is C12H18IN3O3S. The lowest BCUT2D eigenvalue weighted by Gasteiger charge is -2.31. The molecule has 1 atom stereocenters. The van der Waals surface area contributed by atoms with Crippen molar-refractivity contribution in [2.24, 2.45) is 5.92 Å². The van der Waals surface area contributed by atoms with Crippen molar-refractivity contribution in [3.05, 3.63) is 25.9 Å². The first-order chi connectivity index (χ1) is 9.29. The number of sulfonamides is 1. The molecule has 6 nitrogen and oxygen atoms in total. The van der Waals surface area contributed by atoms with E-state index in [1.54, 1.807) is 17.8 Å². The Balaban J connectivity index is 2.15. The van der Waals surface area contributed by atoms with Crippen molar-refractivity contribution >= 4 is 32.6 Å². The lowest BCUT2D eigenvalue weighted by Crippen LogP contribution is -2.41. The van der Waals surface area contributed by atoms with Crippen LogP contribution in [0.2, 0.25) is 0 Å². The fourth-order valence-corrected chi connectivity index (χ4v) is 3.82. The fraction of sp³-hybridized carbons (Fsp3) is 0.667. The van der Waals surface area contributed by atoms with Gasteiger partial charge in [0, 0.05) is 19.6 Å². The minimum absolute atomic E-state index is 0.0467. The van der Waals surface area contributed by atoms with Gasteiger partial charge in [-0.3, -0.25) is 9.36 Å². The predicted molar refractivity (Wildman–Crippen MR) is 85.1 cm³/mol. The van der Waals surface area contributed by atoms with Gasteiger partial charge in [0.25, 0.3) is 5.56 Å². The lowest BCUT2D eigenvalue weighted by atomic mass is 10.00. The zero-order valence-electron chi connectivity index (χ0n) is 11.5. The summed E-state index contributed by atoms with van der Waals surface area (Å²) in [7, 11) is -3.15. The Morgan fingerprint density at radius 1 is 1.50 bits per heavy atom. The summed E-state index contributed by atoms with van der Waals surface area (Å²) in [5.74, 6) is 0.163. The van der Waals surface area contributed by atoms with E-state index in [1.807, 2.05) is 22.6 Å². The maximum atomic E-state index is 12.1. The molecule has 1 aliphatic heterocycles. The summed E-state index contributed by atoms with van der Waals surface area (Å²) in [5, 5.41) is 0. The standard InChI is InChI=1S/C12H18IN3O3S/c1-9-11(13)12(17)15(8-14-9)6-10-4-3-5-16(7-10)20(2,18)19/h8,10H,3-7H2,1-2H3. The topological polar surface area (TPSA) is 72.3 Å². The van der Waals surface area contributed by atoms with Crippen LogP contribution in [0.5, 0.6) is 0 Å². The first-order valence-corrected chi connectivity index (χ1v) is 9.38. The minimum Gasteiger partial charge on any atom is -0.298 e. The molecule has 1 aromatic heterocycles. The van der Waals surface area contributed by atoms with E-state index >= 15 is 0 Å². The van der Waals surface area contributed by atoms with Gasteiger partial charge >= 0.3 is 0 Å². The van der Waals surface area contributed by atoms with Gasteiger partial charge in [-0.25, -0.2) is 17.7 Å². The molecule has 0 amide bonds. The van der Waals surface area contributed by atoms with Crippen molar-refractivity contribution in [2.45, 2.75) is 26.3 Å². The highest BCUT2D eigenvalue weighted by Gasteiger charge is 2.26. The van der Waals surface area contributed by atoms with Crippen LogP contribution in [0.3, 0.4) is 0 Å². The molecule has 0 bridgehead atoms. The van der Waals surface area contributed by atoms with Crippen molar-refractivity contribution < 1.29 is 8.42 Å². The Morgan fingerprint density at radius 2 is 2.20 bits per heavy atom. The molecule has 20 heavy (non-hydrogen) atoms. The first kappa shape index (κ1) is 15.9. The van der Waals surface area contributed by atoms with Gasteiger partial charge in [0.15, 0.2) is 0 Å². The Morgan fingerprint density at radius 3 is 2.85 bits per heavy atom. The van der Waals surface area contributed by atoms with Crippen LogP contribution < -0.4 is 5.56 Å². The molecule has 0 aromatic carbocycles. The van der Waals surface area contributed by atoms with Crippen LogP contribution >= 0.6 is 22.6 Å². The summed E-state index contributed by atoms with van der Waals surface area (Å²) in [4.78, 5) is 16.3. The average molecular weight is 411 g/mol. The highest BCUT2D eigenvalue weighted by Crippen LogP contribution is 2.19. The van der Waals surface area contributed by atoms with E-state index in [4.69, 9.17) is 0 Å².